The standard InChI is InChI=1S/C19H22N4O4S/c1-12-8-18(21-13(2)20-12)22-10-15-9-16(11-22)23(15)28(25,26)17-6-4-14(5-7-17)19(24)27-3/h4-8,15-16H,9-11H2,1-3H3. The summed E-state index contributed by atoms with van der Waals surface area (Å²) in [4.78, 5) is 22.7. The zero-order valence-corrected chi connectivity index (χ0v) is 16.8. The molecule has 2 atom stereocenters. The molecule has 1 aromatic heterocycles. The number of anilines is 1. The van der Waals surface area contributed by atoms with Crippen LogP contribution in [0.4, 0.5) is 5.82 Å². The van der Waals surface area contributed by atoms with E-state index >= 15 is 0 Å². The Morgan fingerprint density at radius 1 is 1.11 bits per heavy atom. The van der Waals surface area contributed by atoms with Crippen LogP contribution >= 0.6 is 0 Å². The van der Waals surface area contributed by atoms with Crippen LogP contribution in [0.1, 0.15) is 28.3 Å². The molecule has 1 aromatic carbocycles. The minimum Gasteiger partial charge on any atom is -0.465 e. The number of hydrogen-bond donors (Lipinski definition) is 0. The summed E-state index contributed by atoms with van der Waals surface area (Å²) >= 11 is 0. The number of rotatable bonds is 4. The summed E-state index contributed by atoms with van der Waals surface area (Å²) < 4.78 is 32.4. The number of piperidine rings is 1. The fraction of sp³-hybridized carbons (Fsp3) is 0.421. The van der Waals surface area contributed by atoms with Crippen LogP contribution in [0.15, 0.2) is 35.2 Å². The number of carbonyl (C=O) groups is 1. The largest absolute Gasteiger partial charge is 0.465 e. The van der Waals surface area contributed by atoms with Crippen molar-refractivity contribution in [1.29, 1.82) is 0 Å². The predicted molar refractivity (Wildman–Crippen MR) is 103 cm³/mol. The van der Waals surface area contributed by atoms with Gasteiger partial charge in [0, 0.05) is 36.9 Å². The first-order chi connectivity index (χ1) is 13.3. The van der Waals surface area contributed by atoms with E-state index in [4.69, 9.17) is 0 Å². The summed E-state index contributed by atoms with van der Waals surface area (Å²) in [5, 5.41) is 0. The Hall–Kier alpha value is -2.52. The van der Waals surface area contributed by atoms with Crippen LogP contribution in [0.25, 0.3) is 0 Å². The zero-order chi connectivity index (χ0) is 20.1. The van der Waals surface area contributed by atoms with Gasteiger partial charge in [0.1, 0.15) is 11.6 Å². The third-order valence-corrected chi connectivity index (χ3v) is 7.27. The van der Waals surface area contributed by atoms with Gasteiger partial charge in [0.05, 0.1) is 17.6 Å². The lowest BCUT2D eigenvalue weighted by Crippen LogP contribution is -2.70. The van der Waals surface area contributed by atoms with E-state index in [1.165, 1.54) is 31.4 Å². The minimum absolute atomic E-state index is 0.0837. The van der Waals surface area contributed by atoms with Crippen LogP contribution in [-0.2, 0) is 14.8 Å². The summed E-state index contributed by atoms with van der Waals surface area (Å²) in [6.07, 6.45) is 0.846. The Balaban J connectivity index is 1.53. The van der Waals surface area contributed by atoms with Crippen LogP contribution in [-0.4, -0.2) is 60.9 Å². The van der Waals surface area contributed by atoms with Gasteiger partial charge in [-0.1, -0.05) is 0 Å². The number of nitrogens with zero attached hydrogens (tertiary/aromatic N) is 4. The summed E-state index contributed by atoms with van der Waals surface area (Å²) in [6, 6.07) is 7.65. The second-order valence-electron chi connectivity index (χ2n) is 7.21. The molecule has 28 heavy (non-hydrogen) atoms. The minimum atomic E-state index is -3.61. The van der Waals surface area contributed by atoms with E-state index in [1.807, 2.05) is 19.9 Å². The molecular formula is C19H22N4O4S. The molecule has 3 fully saturated rings. The number of piperazine rings is 1. The second kappa shape index (κ2) is 6.82. The number of carbonyl (C=O) groups excluding carboxylic acids is 1. The molecule has 2 aromatic rings. The molecule has 0 spiro atoms. The SMILES string of the molecule is COC(=O)c1ccc(S(=O)(=O)N2C3CC2CN(c2cc(C)nc(C)n2)C3)cc1. The molecule has 9 heteroatoms. The van der Waals surface area contributed by atoms with E-state index in [9.17, 15) is 13.2 Å². The van der Waals surface area contributed by atoms with Crippen molar-refractivity contribution in [3.05, 3.63) is 47.4 Å². The normalized spacial score (nSPS) is 21.9. The van der Waals surface area contributed by atoms with Crippen molar-refractivity contribution >= 4 is 21.8 Å². The number of aryl methyl sites for hydroxylation is 2. The van der Waals surface area contributed by atoms with E-state index < -0.39 is 16.0 Å². The molecular weight excluding hydrogens is 380 g/mol. The summed E-state index contributed by atoms with van der Waals surface area (Å²) in [5.74, 6) is 1.07. The van der Waals surface area contributed by atoms with Crippen LogP contribution in [0.5, 0.6) is 0 Å². The van der Waals surface area contributed by atoms with Gasteiger partial charge < -0.3 is 9.64 Å². The van der Waals surface area contributed by atoms with Gasteiger partial charge in [-0.05, 0) is 44.5 Å². The maximum absolute atomic E-state index is 13.1. The number of ether oxygens (including phenoxy) is 1. The molecule has 2 unspecified atom stereocenters. The fourth-order valence-corrected chi connectivity index (χ4v) is 5.83. The van der Waals surface area contributed by atoms with Crippen molar-refractivity contribution in [3.63, 3.8) is 0 Å². The molecule has 3 aliphatic rings. The topological polar surface area (TPSA) is 92.7 Å². The lowest BCUT2D eigenvalue weighted by Gasteiger charge is -2.55. The molecule has 3 saturated heterocycles. The van der Waals surface area contributed by atoms with Gasteiger partial charge in [-0.3, -0.25) is 0 Å². The van der Waals surface area contributed by atoms with Gasteiger partial charge in [0.2, 0.25) is 10.0 Å². The maximum atomic E-state index is 13.1. The van der Waals surface area contributed by atoms with E-state index in [2.05, 4.69) is 19.6 Å². The van der Waals surface area contributed by atoms with Crippen molar-refractivity contribution < 1.29 is 17.9 Å². The Kier molecular flexibility index (Phi) is 4.59. The van der Waals surface area contributed by atoms with Crippen molar-refractivity contribution in [2.45, 2.75) is 37.2 Å². The second-order valence-corrected chi connectivity index (χ2v) is 9.06. The van der Waals surface area contributed by atoms with Crippen LogP contribution < -0.4 is 4.90 Å². The molecule has 8 nitrogen and oxygen atoms in total. The van der Waals surface area contributed by atoms with Crippen LogP contribution in [0.2, 0.25) is 0 Å². The molecule has 2 bridgehead atoms. The molecule has 3 aliphatic heterocycles. The first kappa shape index (κ1) is 18.8. The zero-order valence-electron chi connectivity index (χ0n) is 16.0. The number of sulfonamides is 1. The molecule has 0 amide bonds. The van der Waals surface area contributed by atoms with E-state index in [1.54, 1.807) is 4.31 Å². The Bertz CT molecular complexity index is 990. The quantitative estimate of drug-likeness (QED) is 0.716. The molecule has 5 rings (SSSR count). The number of esters is 1. The van der Waals surface area contributed by atoms with Crippen molar-refractivity contribution in [2.75, 3.05) is 25.1 Å². The first-order valence-corrected chi connectivity index (χ1v) is 10.5. The van der Waals surface area contributed by atoms with Gasteiger partial charge in [-0.2, -0.15) is 4.31 Å². The molecule has 148 valence electrons. The summed E-state index contributed by atoms with van der Waals surface area (Å²) in [5.41, 5.74) is 1.22. The Morgan fingerprint density at radius 2 is 1.75 bits per heavy atom. The number of methoxy groups -OCH3 is 1. The van der Waals surface area contributed by atoms with Gasteiger partial charge >= 0.3 is 5.97 Å². The average Bonchev–Trinajstić information content (AvgIpc) is 2.66. The van der Waals surface area contributed by atoms with E-state index in [0.717, 1.165) is 17.9 Å². The summed E-state index contributed by atoms with van der Waals surface area (Å²) in [7, 11) is -2.32. The highest BCUT2D eigenvalue weighted by Crippen LogP contribution is 2.38. The Labute approximate surface area is 164 Å². The molecule has 0 N–H and O–H groups in total. The van der Waals surface area contributed by atoms with Crippen molar-refractivity contribution in [3.8, 4) is 0 Å². The molecule has 0 aliphatic carbocycles. The van der Waals surface area contributed by atoms with Gasteiger partial charge in [0.25, 0.3) is 0 Å². The number of aromatic nitrogens is 2. The molecule has 0 saturated carbocycles. The van der Waals surface area contributed by atoms with Crippen LogP contribution in [0.3, 0.4) is 0 Å². The lowest BCUT2D eigenvalue weighted by molar-refractivity contribution is 0.0600. The van der Waals surface area contributed by atoms with Crippen molar-refractivity contribution in [1.82, 2.24) is 14.3 Å². The van der Waals surface area contributed by atoms with Gasteiger partial charge in [-0.15, -0.1) is 0 Å². The Morgan fingerprint density at radius 3 is 2.32 bits per heavy atom. The number of fused-ring (bicyclic) bond motifs is 2. The molecule has 0 radical (unpaired) electrons. The predicted octanol–water partition coefficient (Wildman–Crippen LogP) is 1.53. The van der Waals surface area contributed by atoms with Crippen LogP contribution in [0, 0.1) is 13.8 Å². The monoisotopic (exact) mass is 402 g/mol. The summed E-state index contributed by atoms with van der Waals surface area (Å²) in [6.45, 7) is 4.99. The third kappa shape index (κ3) is 3.14. The highest BCUT2D eigenvalue weighted by molar-refractivity contribution is 7.89. The molecule has 4 heterocycles. The highest BCUT2D eigenvalue weighted by Gasteiger charge is 2.51. The highest BCUT2D eigenvalue weighted by atomic mass is 32.2. The average molecular weight is 402 g/mol. The smallest absolute Gasteiger partial charge is 0.337 e. The van der Waals surface area contributed by atoms with Crippen molar-refractivity contribution in [2.24, 2.45) is 0 Å². The third-order valence-electron chi connectivity index (χ3n) is 5.25. The first-order valence-electron chi connectivity index (χ1n) is 9.09. The fourth-order valence-electron chi connectivity index (χ4n) is 4.02. The number of hydrogen-bond acceptors (Lipinski definition) is 7. The maximum Gasteiger partial charge on any atom is 0.337 e. The number of benzene rings is 1. The van der Waals surface area contributed by atoms with E-state index in [0.29, 0.717) is 24.5 Å². The lowest BCUT2D eigenvalue weighted by atomic mass is 9.91. The van der Waals surface area contributed by atoms with E-state index in [-0.39, 0.29) is 17.0 Å². The van der Waals surface area contributed by atoms with Gasteiger partial charge in [-0.25, -0.2) is 23.2 Å². The van der Waals surface area contributed by atoms with Gasteiger partial charge in [0.15, 0.2) is 0 Å².